The molecule has 0 atom stereocenters. The Hall–Kier alpha value is -2.32. The number of nitrogens with zero attached hydrogens (tertiary/aromatic N) is 2. The van der Waals surface area contributed by atoms with Gasteiger partial charge in [0.2, 0.25) is 0 Å². The van der Waals surface area contributed by atoms with Crippen LogP contribution < -0.4 is 11.1 Å². The number of phenols is 1. The molecule has 4 N–H and O–H groups in total. The van der Waals surface area contributed by atoms with E-state index < -0.39 is 0 Å². The number of amides is 1. The molecule has 0 aliphatic heterocycles. The van der Waals surface area contributed by atoms with Gasteiger partial charge in [0.15, 0.2) is 5.16 Å². The van der Waals surface area contributed by atoms with Crippen molar-refractivity contribution in [3.8, 4) is 17.0 Å². The highest BCUT2D eigenvalue weighted by Crippen LogP contribution is 2.39. The minimum absolute atomic E-state index is 0.138. The van der Waals surface area contributed by atoms with E-state index in [-0.39, 0.29) is 17.2 Å². The van der Waals surface area contributed by atoms with E-state index in [1.807, 2.05) is 33.1 Å². The highest BCUT2D eigenvalue weighted by molar-refractivity contribution is 7.98. The normalized spacial score (nSPS) is 11.7. The molecule has 0 aliphatic rings. The Morgan fingerprint density at radius 3 is 2.65 bits per heavy atom. The Labute approximate surface area is 159 Å². The lowest BCUT2D eigenvalue weighted by molar-refractivity contribution is 0.0924. The first-order valence-corrected chi connectivity index (χ1v) is 9.99. The number of nitrogens with two attached hydrogens (primary N) is 1. The number of fused-ring (bicyclic) bond motifs is 1. The Kier molecular flexibility index (Phi) is 4.81. The third-order valence-electron chi connectivity index (χ3n) is 3.56. The molecule has 6 nitrogen and oxygen atoms in total. The van der Waals surface area contributed by atoms with Gasteiger partial charge in [0, 0.05) is 11.1 Å². The molecule has 0 aliphatic carbocycles. The average Bonchev–Trinajstić information content (AvgIpc) is 2.89. The number of aromatic hydroxyl groups is 1. The fraction of sp³-hybridized carbons (Fsp3) is 0.278. The van der Waals surface area contributed by atoms with Gasteiger partial charge in [-0.15, -0.1) is 11.3 Å². The van der Waals surface area contributed by atoms with Crippen molar-refractivity contribution in [2.45, 2.75) is 31.5 Å². The van der Waals surface area contributed by atoms with Crippen LogP contribution in [0.25, 0.3) is 21.5 Å². The van der Waals surface area contributed by atoms with Crippen LogP contribution in [0.3, 0.4) is 0 Å². The van der Waals surface area contributed by atoms with E-state index in [1.54, 1.807) is 18.2 Å². The van der Waals surface area contributed by atoms with Gasteiger partial charge in [0.05, 0.1) is 16.8 Å². The molecule has 0 saturated carbocycles. The van der Waals surface area contributed by atoms with Crippen LogP contribution >= 0.6 is 23.1 Å². The fourth-order valence-corrected chi connectivity index (χ4v) is 3.93. The van der Waals surface area contributed by atoms with E-state index in [2.05, 4.69) is 15.3 Å². The average molecular weight is 389 g/mol. The minimum Gasteiger partial charge on any atom is -0.508 e. The number of anilines is 1. The number of rotatable bonds is 3. The van der Waals surface area contributed by atoms with E-state index in [1.165, 1.54) is 23.1 Å². The molecule has 3 aromatic rings. The Bertz CT molecular complexity index is 993. The summed E-state index contributed by atoms with van der Waals surface area (Å²) >= 11 is 2.66. The molecule has 136 valence electrons. The number of benzene rings is 1. The van der Waals surface area contributed by atoms with Crippen molar-refractivity contribution < 1.29 is 9.90 Å². The molecule has 0 unspecified atom stereocenters. The summed E-state index contributed by atoms with van der Waals surface area (Å²) in [6.45, 7) is 5.74. The van der Waals surface area contributed by atoms with Gasteiger partial charge in [-0.1, -0.05) is 23.9 Å². The molecule has 26 heavy (non-hydrogen) atoms. The third-order valence-corrected chi connectivity index (χ3v) is 5.21. The number of thiophene rings is 1. The van der Waals surface area contributed by atoms with E-state index in [4.69, 9.17) is 5.73 Å². The molecule has 0 saturated heterocycles. The lowest BCUT2D eigenvalue weighted by Crippen LogP contribution is -2.40. The second kappa shape index (κ2) is 6.77. The maximum Gasteiger partial charge on any atom is 0.263 e. The predicted molar refractivity (Wildman–Crippen MR) is 108 cm³/mol. The smallest absolute Gasteiger partial charge is 0.263 e. The SMILES string of the molecule is CSc1nc(-c2cccc(O)c2)c2c(N)c(C(=O)NC(C)(C)C)sc2n1. The summed E-state index contributed by atoms with van der Waals surface area (Å²) in [6, 6.07) is 6.80. The molecule has 1 amide bonds. The molecule has 8 heteroatoms. The molecule has 0 bridgehead atoms. The Morgan fingerprint density at radius 2 is 2.04 bits per heavy atom. The molecule has 3 rings (SSSR count). The number of hydrogen-bond acceptors (Lipinski definition) is 7. The molecular weight excluding hydrogens is 368 g/mol. The lowest BCUT2D eigenvalue weighted by Gasteiger charge is -2.20. The van der Waals surface area contributed by atoms with Crippen molar-refractivity contribution in [3.05, 3.63) is 29.1 Å². The Morgan fingerprint density at radius 1 is 1.31 bits per heavy atom. The summed E-state index contributed by atoms with van der Waals surface area (Å²) < 4.78 is 0. The number of phenolic OH excluding ortho intramolecular Hbond substituents is 1. The van der Waals surface area contributed by atoms with Crippen LogP contribution in [-0.2, 0) is 0 Å². The van der Waals surface area contributed by atoms with Crippen LogP contribution in [0.5, 0.6) is 5.75 Å². The van der Waals surface area contributed by atoms with E-state index in [9.17, 15) is 9.90 Å². The maximum absolute atomic E-state index is 12.6. The first-order valence-electron chi connectivity index (χ1n) is 7.95. The summed E-state index contributed by atoms with van der Waals surface area (Å²) in [4.78, 5) is 22.8. The van der Waals surface area contributed by atoms with Crippen molar-refractivity contribution in [1.29, 1.82) is 0 Å². The number of carbonyl (C=O) groups is 1. The lowest BCUT2D eigenvalue weighted by atomic mass is 10.1. The van der Waals surface area contributed by atoms with Gasteiger partial charge in [0.1, 0.15) is 15.5 Å². The first kappa shape index (κ1) is 18.5. The molecule has 2 heterocycles. The fourth-order valence-electron chi connectivity index (χ4n) is 2.52. The van der Waals surface area contributed by atoms with Gasteiger partial charge in [-0.3, -0.25) is 4.79 Å². The predicted octanol–water partition coefficient (Wildman–Crippen LogP) is 3.90. The second-order valence-electron chi connectivity index (χ2n) is 6.84. The zero-order chi connectivity index (χ0) is 19.1. The topological polar surface area (TPSA) is 101 Å². The van der Waals surface area contributed by atoms with Gasteiger partial charge in [-0.05, 0) is 39.2 Å². The second-order valence-corrected chi connectivity index (χ2v) is 8.61. The Balaban J connectivity index is 2.23. The zero-order valence-electron chi connectivity index (χ0n) is 15.0. The molecule has 0 spiro atoms. The largest absolute Gasteiger partial charge is 0.508 e. The van der Waals surface area contributed by atoms with Gasteiger partial charge >= 0.3 is 0 Å². The number of aromatic nitrogens is 2. The van der Waals surface area contributed by atoms with E-state index in [0.29, 0.717) is 31.6 Å². The third kappa shape index (κ3) is 3.61. The van der Waals surface area contributed by atoms with Crippen LogP contribution in [-0.4, -0.2) is 32.8 Å². The molecular formula is C18H20N4O2S2. The van der Waals surface area contributed by atoms with Crippen molar-refractivity contribution in [1.82, 2.24) is 15.3 Å². The highest BCUT2D eigenvalue weighted by atomic mass is 32.2. The molecule has 1 aromatic carbocycles. The summed E-state index contributed by atoms with van der Waals surface area (Å²) in [5.41, 5.74) is 7.65. The molecule has 0 radical (unpaired) electrons. The molecule has 0 fully saturated rings. The standard InChI is InChI=1S/C18H20N4O2S2/c1-18(2,3)22-15(24)14-12(19)11-13(9-6-5-7-10(23)8-9)20-17(25-4)21-16(11)26-14/h5-8,23H,19H2,1-4H3,(H,22,24). The minimum atomic E-state index is -0.371. The number of nitrogens with one attached hydrogen (secondary N) is 1. The van der Waals surface area contributed by atoms with Crippen LogP contribution in [0.4, 0.5) is 5.69 Å². The highest BCUT2D eigenvalue weighted by Gasteiger charge is 2.24. The summed E-state index contributed by atoms with van der Waals surface area (Å²) in [5, 5.41) is 14.0. The number of carbonyl (C=O) groups excluding carboxylic acids is 1. The van der Waals surface area contributed by atoms with Crippen molar-refractivity contribution in [2.24, 2.45) is 0 Å². The summed E-state index contributed by atoms with van der Waals surface area (Å²) in [5.74, 6) is -0.0926. The summed E-state index contributed by atoms with van der Waals surface area (Å²) in [6.07, 6.45) is 1.89. The van der Waals surface area contributed by atoms with Gasteiger partial charge < -0.3 is 16.2 Å². The number of nitrogen functional groups attached to an aromatic ring is 1. The first-order chi connectivity index (χ1) is 12.2. The molecule has 2 aromatic heterocycles. The summed E-state index contributed by atoms with van der Waals surface area (Å²) in [7, 11) is 0. The quantitative estimate of drug-likeness (QED) is 0.465. The maximum atomic E-state index is 12.6. The zero-order valence-corrected chi connectivity index (χ0v) is 16.6. The number of hydrogen-bond donors (Lipinski definition) is 3. The van der Waals surface area contributed by atoms with Crippen LogP contribution in [0, 0.1) is 0 Å². The van der Waals surface area contributed by atoms with Crippen molar-refractivity contribution in [3.63, 3.8) is 0 Å². The van der Waals surface area contributed by atoms with E-state index >= 15 is 0 Å². The van der Waals surface area contributed by atoms with Crippen LogP contribution in [0.15, 0.2) is 29.4 Å². The van der Waals surface area contributed by atoms with Crippen LogP contribution in [0.2, 0.25) is 0 Å². The van der Waals surface area contributed by atoms with Crippen molar-refractivity contribution in [2.75, 3.05) is 12.0 Å². The number of thioether (sulfide) groups is 1. The van der Waals surface area contributed by atoms with Gasteiger partial charge in [0.25, 0.3) is 5.91 Å². The van der Waals surface area contributed by atoms with Gasteiger partial charge in [-0.25, -0.2) is 9.97 Å². The van der Waals surface area contributed by atoms with E-state index in [0.717, 1.165) is 5.56 Å². The monoisotopic (exact) mass is 388 g/mol. The van der Waals surface area contributed by atoms with Crippen LogP contribution in [0.1, 0.15) is 30.4 Å². The van der Waals surface area contributed by atoms with Crippen molar-refractivity contribution >= 4 is 44.9 Å². The van der Waals surface area contributed by atoms with Gasteiger partial charge in [-0.2, -0.15) is 0 Å².